The molecule has 1 aliphatic heterocycles. The van der Waals surface area contributed by atoms with E-state index in [0.717, 1.165) is 0 Å². The highest BCUT2D eigenvalue weighted by Gasteiger charge is 2.20. The summed E-state index contributed by atoms with van der Waals surface area (Å²) in [6, 6.07) is 8.98. The highest BCUT2D eigenvalue weighted by Crippen LogP contribution is 2.13. The molecular formula is C12H10O3. The third-order valence-corrected chi connectivity index (χ3v) is 2.20. The van der Waals surface area contributed by atoms with E-state index in [-0.39, 0.29) is 18.2 Å². The zero-order valence-corrected chi connectivity index (χ0v) is 8.05. The molecule has 0 aromatic heterocycles. The Labute approximate surface area is 87.4 Å². The molecule has 1 aliphatic rings. The summed E-state index contributed by atoms with van der Waals surface area (Å²) in [6.07, 6.45) is 2.78. The minimum absolute atomic E-state index is 0.0139. The average molecular weight is 202 g/mol. The van der Waals surface area contributed by atoms with Gasteiger partial charge in [-0.2, -0.15) is 0 Å². The maximum atomic E-state index is 11.7. The Morgan fingerprint density at radius 2 is 2.00 bits per heavy atom. The van der Waals surface area contributed by atoms with Crippen molar-refractivity contribution in [2.24, 2.45) is 0 Å². The van der Waals surface area contributed by atoms with Crippen molar-refractivity contribution in [1.82, 2.24) is 0 Å². The van der Waals surface area contributed by atoms with Crippen LogP contribution >= 0.6 is 0 Å². The van der Waals surface area contributed by atoms with Crippen LogP contribution in [0.5, 0.6) is 0 Å². The first kappa shape index (κ1) is 9.65. The summed E-state index contributed by atoms with van der Waals surface area (Å²) in [6.45, 7) is 0. The van der Waals surface area contributed by atoms with Gasteiger partial charge in [0.25, 0.3) is 0 Å². The lowest BCUT2D eigenvalue weighted by Gasteiger charge is -2.06. The predicted molar refractivity (Wildman–Crippen MR) is 54.4 cm³/mol. The standard InChI is InChI=1S/C12H10O3/c13-11(9-4-2-1-3-5-9)8-10-6-7-12(14)15-10/h1-7,10H,8H2. The number of Topliss-reactive ketones (excluding diaryl/α,β-unsaturated/α-hetero) is 1. The molecule has 1 atom stereocenters. The molecule has 0 fully saturated rings. The number of ether oxygens (including phenoxy) is 1. The number of hydrogen-bond donors (Lipinski definition) is 0. The molecule has 1 unspecified atom stereocenters. The van der Waals surface area contributed by atoms with E-state index in [1.165, 1.54) is 6.08 Å². The van der Waals surface area contributed by atoms with Crippen molar-refractivity contribution >= 4 is 11.8 Å². The highest BCUT2D eigenvalue weighted by atomic mass is 16.5. The number of hydrogen-bond acceptors (Lipinski definition) is 3. The molecule has 15 heavy (non-hydrogen) atoms. The van der Waals surface area contributed by atoms with Gasteiger partial charge in [-0.15, -0.1) is 0 Å². The summed E-state index contributed by atoms with van der Waals surface area (Å²) < 4.78 is 4.88. The largest absolute Gasteiger partial charge is 0.454 e. The van der Waals surface area contributed by atoms with Crippen molar-refractivity contribution in [2.75, 3.05) is 0 Å². The van der Waals surface area contributed by atoms with Crippen molar-refractivity contribution in [3.63, 3.8) is 0 Å². The Morgan fingerprint density at radius 3 is 2.60 bits per heavy atom. The Bertz CT molecular complexity index is 406. The lowest BCUT2D eigenvalue weighted by Crippen LogP contribution is -2.13. The zero-order valence-electron chi connectivity index (χ0n) is 8.05. The van der Waals surface area contributed by atoms with Crippen molar-refractivity contribution in [1.29, 1.82) is 0 Å². The topological polar surface area (TPSA) is 43.4 Å². The second-order valence-corrected chi connectivity index (χ2v) is 3.33. The molecule has 1 aromatic rings. The van der Waals surface area contributed by atoms with Gasteiger partial charge in [0.05, 0.1) is 6.42 Å². The van der Waals surface area contributed by atoms with Crippen LogP contribution in [0, 0.1) is 0 Å². The van der Waals surface area contributed by atoms with Crippen LogP contribution in [0.1, 0.15) is 16.8 Å². The second kappa shape index (κ2) is 4.09. The fraction of sp³-hybridized carbons (Fsp3) is 0.167. The summed E-state index contributed by atoms with van der Waals surface area (Å²) >= 11 is 0. The molecule has 0 amide bonds. The summed E-state index contributed by atoms with van der Waals surface area (Å²) in [4.78, 5) is 22.4. The van der Waals surface area contributed by atoms with E-state index in [4.69, 9.17) is 4.74 Å². The fourth-order valence-corrected chi connectivity index (χ4v) is 1.45. The predicted octanol–water partition coefficient (Wildman–Crippen LogP) is 1.74. The Morgan fingerprint density at radius 1 is 1.27 bits per heavy atom. The summed E-state index contributed by atoms with van der Waals surface area (Å²) in [7, 11) is 0. The maximum absolute atomic E-state index is 11.7. The molecule has 0 N–H and O–H groups in total. The van der Waals surface area contributed by atoms with Gasteiger partial charge in [-0.05, 0) is 6.08 Å². The van der Waals surface area contributed by atoms with Crippen molar-refractivity contribution in [3.8, 4) is 0 Å². The molecule has 3 nitrogen and oxygen atoms in total. The molecule has 0 saturated carbocycles. The molecule has 0 aliphatic carbocycles. The number of benzene rings is 1. The zero-order chi connectivity index (χ0) is 10.7. The van der Waals surface area contributed by atoms with Crippen LogP contribution in [0.3, 0.4) is 0 Å². The highest BCUT2D eigenvalue weighted by molar-refractivity contribution is 5.97. The minimum Gasteiger partial charge on any atom is -0.454 e. The average Bonchev–Trinajstić information content (AvgIpc) is 2.65. The van der Waals surface area contributed by atoms with Crippen molar-refractivity contribution in [2.45, 2.75) is 12.5 Å². The Balaban J connectivity index is 1.99. The van der Waals surface area contributed by atoms with Crippen LogP contribution in [0.2, 0.25) is 0 Å². The number of carbonyl (C=O) groups is 2. The van der Waals surface area contributed by atoms with Gasteiger partial charge < -0.3 is 4.74 Å². The molecule has 0 radical (unpaired) electrons. The number of esters is 1. The first-order chi connectivity index (χ1) is 7.25. The minimum atomic E-state index is -0.398. The second-order valence-electron chi connectivity index (χ2n) is 3.33. The number of ketones is 1. The molecule has 0 spiro atoms. The van der Waals surface area contributed by atoms with Crippen molar-refractivity contribution in [3.05, 3.63) is 48.0 Å². The molecule has 2 rings (SSSR count). The lowest BCUT2D eigenvalue weighted by molar-refractivity contribution is -0.138. The summed E-state index contributed by atoms with van der Waals surface area (Å²) in [5.74, 6) is -0.388. The van der Waals surface area contributed by atoms with E-state index in [1.807, 2.05) is 18.2 Å². The SMILES string of the molecule is O=C1C=CC(CC(=O)c2ccccc2)O1. The maximum Gasteiger partial charge on any atom is 0.331 e. The smallest absolute Gasteiger partial charge is 0.331 e. The molecule has 3 heteroatoms. The summed E-state index contributed by atoms with van der Waals surface area (Å²) in [5, 5.41) is 0. The quantitative estimate of drug-likeness (QED) is 0.554. The van der Waals surface area contributed by atoms with Gasteiger partial charge in [0, 0.05) is 11.6 Å². The summed E-state index contributed by atoms with van der Waals surface area (Å²) in [5.41, 5.74) is 0.647. The van der Waals surface area contributed by atoms with Crippen LogP contribution in [-0.2, 0) is 9.53 Å². The van der Waals surface area contributed by atoms with E-state index < -0.39 is 6.10 Å². The molecule has 1 aromatic carbocycles. The molecule has 0 saturated heterocycles. The van der Waals surface area contributed by atoms with E-state index in [1.54, 1.807) is 18.2 Å². The van der Waals surface area contributed by atoms with Crippen LogP contribution in [-0.4, -0.2) is 17.9 Å². The lowest BCUT2D eigenvalue weighted by atomic mass is 10.1. The van der Waals surface area contributed by atoms with Gasteiger partial charge >= 0.3 is 5.97 Å². The Kier molecular flexibility index (Phi) is 2.63. The van der Waals surface area contributed by atoms with Gasteiger partial charge in [0.2, 0.25) is 0 Å². The molecule has 0 bridgehead atoms. The first-order valence-corrected chi connectivity index (χ1v) is 4.73. The van der Waals surface area contributed by atoms with E-state index in [0.29, 0.717) is 5.56 Å². The molecule has 76 valence electrons. The van der Waals surface area contributed by atoms with Crippen LogP contribution < -0.4 is 0 Å². The van der Waals surface area contributed by atoms with Crippen molar-refractivity contribution < 1.29 is 14.3 Å². The third-order valence-electron chi connectivity index (χ3n) is 2.20. The fourth-order valence-electron chi connectivity index (χ4n) is 1.45. The normalized spacial score (nSPS) is 18.9. The van der Waals surface area contributed by atoms with E-state index >= 15 is 0 Å². The monoisotopic (exact) mass is 202 g/mol. The number of carbonyl (C=O) groups excluding carboxylic acids is 2. The number of cyclic esters (lactones) is 1. The first-order valence-electron chi connectivity index (χ1n) is 4.73. The van der Waals surface area contributed by atoms with E-state index in [2.05, 4.69) is 0 Å². The van der Waals surface area contributed by atoms with Crippen LogP contribution in [0.15, 0.2) is 42.5 Å². The van der Waals surface area contributed by atoms with Crippen LogP contribution in [0.4, 0.5) is 0 Å². The van der Waals surface area contributed by atoms with Crippen LogP contribution in [0.25, 0.3) is 0 Å². The molecular weight excluding hydrogens is 192 g/mol. The van der Waals surface area contributed by atoms with E-state index in [9.17, 15) is 9.59 Å². The Hall–Kier alpha value is -1.90. The molecule has 1 heterocycles. The number of rotatable bonds is 3. The third kappa shape index (κ3) is 2.31. The van der Waals surface area contributed by atoms with Gasteiger partial charge in [-0.1, -0.05) is 30.3 Å². The van der Waals surface area contributed by atoms with Gasteiger partial charge in [-0.25, -0.2) is 4.79 Å². The van der Waals surface area contributed by atoms with Gasteiger partial charge in [0.1, 0.15) is 6.10 Å². The van der Waals surface area contributed by atoms with Gasteiger partial charge in [-0.3, -0.25) is 4.79 Å². The van der Waals surface area contributed by atoms with Gasteiger partial charge in [0.15, 0.2) is 5.78 Å².